The van der Waals surface area contributed by atoms with E-state index in [4.69, 9.17) is 5.73 Å². The second-order valence-electron chi connectivity index (χ2n) is 3.50. The zero-order chi connectivity index (χ0) is 10.3. The van der Waals surface area contributed by atoms with Crippen LogP contribution in [-0.2, 0) is 0 Å². The summed E-state index contributed by atoms with van der Waals surface area (Å²) < 4.78 is 0. The Hall–Kier alpha value is -0.770. The molecular formula is C9H21N3O. The molecule has 0 aliphatic carbocycles. The van der Waals surface area contributed by atoms with Crippen molar-refractivity contribution in [2.75, 3.05) is 13.1 Å². The molecule has 0 heterocycles. The summed E-state index contributed by atoms with van der Waals surface area (Å²) in [7, 11) is 0. The Kier molecular flexibility index (Phi) is 6.32. The Balaban J connectivity index is 3.44. The first kappa shape index (κ1) is 12.2. The second-order valence-corrected chi connectivity index (χ2v) is 3.50. The van der Waals surface area contributed by atoms with E-state index in [1.165, 1.54) is 0 Å². The van der Waals surface area contributed by atoms with Crippen molar-refractivity contribution in [2.24, 2.45) is 11.7 Å². The van der Waals surface area contributed by atoms with Gasteiger partial charge in [-0.15, -0.1) is 0 Å². The molecule has 0 fully saturated rings. The topological polar surface area (TPSA) is 67.2 Å². The van der Waals surface area contributed by atoms with E-state index in [2.05, 4.69) is 31.4 Å². The quantitative estimate of drug-likeness (QED) is 0.535. The molecule has 0 spiro atoms. The summed E-state index contributed by atoms with van der Waals surface area (Å²) >= 11 is 0. The van der Waals surface area contributed by atoms with E-state index in [1.54, 1.807) is 0 Å². The van der Waals surface area contributed by atoms with Crippen molar-refractivity contribution in [3.63, 3.8) is 0 Å². The molecule has 0 rings (SSSR count). The van der Waals surface area contributed by atoms with Gasteiger partial charge in [0, 0.05) is 19.1 Å². The number of nitrogens with two attached hydrogens (primary N) is 1. The summed E-state index contributed by atoms with van der Waals surface area (Å²) in [6.45, 7) is 7.89. The fourth-order valence-corrected chi connectivity index (χ4v) is 1.29. The number of urea groups is 1. The van der Waals surface area contributed by atoms with E-state index < -0.39 is 6.03 Å². The van der Waals surface area contributed by atoms with Crippen molar-refractivity contribution in [2.45, 2.75) is 33.2 Å². The molecule has 0 aromatic rings. The second kappa shape index (κ2) is 6.71. The van der Waals surface area contributed by atoms with Gasteiger partial charge in [0.25, 0.3) is 0 Å². The number of hydrogen-bond acceptors (Lipinski definition) is 2. The molecule has 0 aromatic heterocycles. The highest BCUT2D eigenvalue weighted by Crippen LogP contribution is 2.04. The van der Waals surface area contributed by atoms with E-state index in [0.717, 1.165) is 13.0 Å². The van der Waals surface area contributed by atoms with Crippen molar-refractivity contribution in [3.8, 4) is 0 Å². The number of amides is 2. The first-order valence-electron chi connectivity index (χ1n) is 4.84. The fourth-order valence-electron chi connectivity index (χ4n) is 1.29. The van der Waals surface area contributed by atoms with Crippen LogP contribution in [-0.4, -0.2) is 25.2 Å². The van der Waals surface area contributed by atoms with Crippen LogP contribution in [0, 0.1) is 5.92 Å². The van der Waals surface area contributed by atoms with Crippen molar-refractivity contribution < 1.29 is 4.79 Å². The molecule has 13 heavy (non-hydrogen) atoms. The Labute approximate surface area is 80.3 Å². The van der Waals surface area contributed by atoms with Crippen LogP contribution in [0.4, 0.5) is 4.79 Å². The maximum atomic E-state index is 10.3. The third kappa shape index (κ3) is 6.40. The summed E-state index contributed by atoms with van der Waals surface area (Å²) in [5, 5.41) is 5.89. The highest BCUT2D eigenvalue weighted by atomic mass is 16.2. The Bertz CT molecular complexity index is 148. The molecule has 1 unspecified atom stereocenters. The third-order valence-corrected chi connectivity index (χ3v) is 2.08. The molecule has 4 heteroatoms. The van der Waals surface area contributed by atoms with Crippen molar-refractivity contribution in [1.82, 2.24) is 10.6 Å². The van der Waals surface area contributed by atoms with Crippen LogP contribution in [0.15, 0.2) is 0 Å². The predicted octanol–water partition coefficient (Wildman–Crippen LogP) is 0.679. The lowest BCUT2D eigenvalue weighted by molar-refractivity contribution is 0.248. The summed E-state index contributed by atoms with van der Waals surface area (Å²) in [4.78, 5) is 10.3. The Morgan fingerprint density at radius 1 is 1.38 bits per heavy atom. The minimum Gasteiger partial charge on any atom is -0.352 e. The van der Waals surface area contributed by atoms with Gasteiger partial charge >= 0.3 is 6.03 Å². The van der Waals surface area contributed by atoms with Crippen molar-refractivity contribution in [1.29, 1.82) is 0 Å². The molecule has 0 saturated carbocycles. The monoisotopic (exact) mass is 187 g/mol. The summed E-state index contributed by atoms with van der Waals surface area (Å²) in [5.74, 6) is 0.624. The van der Waals surface area contributed by atoms with Crippen LogP contribution in [0.1, 0.15) is 27.2 Å². The number of rotatable bonds is 6. The molecule has 78 valence electrons. The van der Waals surface area contributed by atoms with Gasteiger partial charge in [0.15, 0.2) is 0 Å². The van der Waals surface area contributed by atoms with E-state index in [9.17, 15) is 4.79 Å². The Morgan fingerprint density at radius 2 is 2.00 bits per heavy atom. The van der Waals surface area contributed by atoms with Gasteiger partial charge in [0.2, 0.25) is 0 Å². The maximum Gasteiger partial charge on any atom is 0.312 e. The summed E-state index contributed by atoms with van der Waals surface area (Å²) in [6, 6.07) is 0.0640. The van der Waals surface area contributed by atoms with Crippen molar-refractivity contribution in [3.05, 3.63) is 0 Å². The zero-order valence-electron chi connectivity index (χ0n) is 8.76. The van der Waals surface area contributed by atoms with Gasteiger partial charge in [-0.25, -0.2) is 4.79 Å². The summed E-state index contributed by atoms with van der Waals surface area (Å²) in [5.41, 5.74) is 4.92. The number of hydrogen-bond donors (Lipinski definition) is 3. The highest BCUT2D eigenvalue weighted by Gasteiger charge is 2.08. The summed E-state index contributed by atoms with van der Waals surface area (Å²) in [6.07, 6.45) is 1.11. The lowest BCUT2D eigenvalue weighted by atomic mass is 10.0. The standard InChI is InChI=1S/C9H21N3O/c1-4-8(7(2)3)11-5-6-12-9(10)13/h7-8,11H,4-6H2,1-3H3,(H3,10,12,13). The molecular weight excluding hydrogens is 166 g/mol. The number of nitrogens with one attached hydrogen (secondary N) is 2. The van der Waals surface area contributed by atoms with Gasteiger partial charge in [-0.2, -0.15) is 0 Å². The molecule has 0 aliphatic rings. The van der Waals surface area contributed by atoms with Gasteiger partial charge < -0.3 is 16.4 Å². The average molecular weight is 187 g/mol. The van der Waals surface area contributed by atoms with Crippen LogP contribution in [0.25, 0.3) is 0 Å². The van der Waals surface area contributed by atoms with E-state index in [1.807, 2.05) is 0 Å². The molecule has 4 nitrogen and oxygen atoms in total. The van der Waals surface area contributed by atoms with Crippen LogP contribution in [0.2, 0.25) is 0 Å². The SMILES string of the molecule is CCC(NCCNC(N)=O)C(C)C. The molecule has 0 aliphatic heterocycles. The molecule has 0 radical (unpaired) electrons. The smallest absolute Gasteiger partial charge is 0.312 e. The first-order valence-corrected chi connectivity index (χ1v) is 4.84. The largest absolute Gasteiger partial charge is 0.352 e. The molecule has 4 N–H and O–H groups in total. The lowest BCUT2D eigenvalue weighted by Gasteiger charge is -2.20. The molecule has 2 amide bonds. The van der Waals surface area contributed by atoms with E-state index in [0.29, 0.717) is 18.5 Å². The van der Waals surface area contributed by atoms with Crippen LogP contribution < -0.4 is 16.4 Å². The third-order valence-electron chi connectivity index (χ3n) is 2.08. The molecule has 1 atom stereocenters. The number of carbonyl (C=O) groups excluding carboxylic acids is 1. The Morgan fingerprint density at radius 3 is 2.38 bits per heavy atom. The molecule has 0 aromatic carbocycles. The minimum absolute atomic E-state index is 0.459. The van der Waals surface area contributed by atoms with Gasteiger partial charge in [-0.3, -0.25) is 0 Å². The number of carbonyl (C=O) groups is 1. The van der Waals surface area contributed by atoms with E-state index in [-0.39, 0.29) is 0 Å². The van der Waals surface area contributed by atoms with Gasteiger partial charge in [-0.1, -0.05) is 20.8 Å². The van der Waals surface area contributed by atoms with Crippen LogP contribution in [0.3, 0.4) is 0 Å². The zero-order valence-corrected chi connectivity index (χ0v) is 8.76. The van der Waals surface area contributed by atoms with Crippen LogP contribution in [0.5, 0.6) is 0 Å². The van der Waals surface area contributed by atoms with E-state index >= 15 is 0 Å². The predicted molar refractivity (Wildman–Crippen MR) is 54.5 cm³/mol. The minimum atomic E-state index is -0.459. The van der Waals surface area contributed by atoms with Crippen molar-refractivity contribution >= 4 is 6.03 Å². The van der Waals surface area contributed by atoms with Gasteiger partial charge in [0.1, 0.15) is 0 Å². The number of primary amides is 1. The fraction of sp³-hybridized carbons (Fsp3) is 0.889. The molecule has 0 saturated heterocycles. The maximum absolute atomic E-state index is 10.3. The first-order chi connectivity index (χ1) is 6.07. The average Bonchev–Trinajstić information content (AvgIpc) is 2.03. The van der Waals surface area contributed by atoms with Crippen LogP contribution >= 0.6 is 0 Å². The van der Waals surface area contributed by atoms with Gasteiger partial charge in [0.05, 0.1) is 0 Å². The molecule has 0 bridgehead atoms. The highest BCUT2D eigenvalue weighted by molar-refractivity contribution is 5.71. The van der Waals surface area contributed by atoms with Gasteiger partial charge in [-0.05, 0) is 12.3 Å². The lowest BCUT2D eigenvalue weighted by Crippen LogP contribution is -2.40. The normalized spacial score (nSPS) is 12.9.